The van der Waals surface area contributed by atoms with Gasteiger partial charge < -0.3 is 5.32 Å². The predicted molar refractivity (Wildman–Crippen MR) is 73.1 cm³/mol. The standard InChI is InChI=1S/C13H15BrN4/c14-11-7-17-18(8-11)9-13-2-1-10(6-16-13)5-15-12-3-4-12/h1-2,6-8,12,15H,3-5,9H2. The van der Waals surface area contributed by atoms with E-state index < -0.39 is 0 Å². The molecule has 0 radical (unpaired) electrons. The lowest BCUT2D eigenvalue weighted by molar-refractivity contribution is 0.665. The van der Waals surface area contributed by atoms with E-state index in [-0.39, 0.29) is 0 Å². The van der Waals surface area contributed by atoms with E-state index in [9.17, 15) is 0 Å². The lowest BCUT2D eigenvalue weighted by Crippen LogP contribution is -2.15. The monoisotopic (exact) mass is 306 g/mol. The molecule has 4 nitrogen and oxygen atoms in total. The van der Waals surface area contributed by atoms with Crippen molar-refractivity contribution < 1.29 is 0 Å². The van der Waals surface area contributed by atoms with Crippen LogP contribution in [-0.2, 0) is 13.1 Å². The Labute approximate surface area is 115 Å². The highest BCUT2D eigenvalue weighted by molar-refractivity contribution is 9.10. The number of hydrogen-bond donors (Lipinski definition) is 1. The van der Waals surface area contributed by atoms with Crippen LogP contribution >= 0.6 is 15.9 Å². The fraction of sp³-hybridized carbons (Fsp3) is 0.385. The van der Waals surface area contributed by atoms with Crippen LogP contribution in [0.4, 0.5) is 0 Å². The van der Waals surface area contributed by atoms with Gasteiger partial charge in [-0.1, -0.05) is 6.07 Å². The fourth-order valence-electron chi connectivity index (χ4n) is 1.79. The molecule has 5 heteroatoms. The normalized spacial score (nSPS) is 14.9. The van der Waals surface area contributed by atoms with Crippen LogP contribution in [0.1, 0.15) is 24.1 Å². The first kappa shape index (κ1) is 11.9. The molecule has 0 aromatic carbocycles. The third-order valence-corrected chi connectivity index (χ3v) is 3.39. The van der Waals surface area contributed by atoms with Gasteiger partial charge in [-0.3, -0.25) is 9.67 Å². The SMILES string of the molecule is Brc1cnn(Cc2ccc(CNC3CC3)cn2)c1. The topological polar surface area (TPSA) is 42.7 Å². The molecule has 1 aliphatic carbocycles. The van der Waals surface area contributed by atoms with E-state index in [1.54, 1.807) is 6.20 Å². The Morgan fingerprint density at radius 3 is 2.83 bits per heavy atom. The number of hydrogen-bond acceptors (Lipinski definition) is 3. The van der Waals surface area contributed by atoms with E-state index in [0.717, 1.165) is 22.8 Å². The molecule has 2 heterocycles. The van der Waals surface area contributed by atoms with E-state index in [2.05, 4.69) is 43.5 Å². The van der Waals surface area contributed by atoms with Gasteiger partial charge in [0.2, 0.25) is 0 Å². The van der Waals surface area contributed by atoms with Crippen molar-refractivity contribution in [2.24, 2.45) is 0 Å². The molecule has 1 saturated carbocycles. The zero-order valence-corrected chi connectivity index (χ0v) is 11.6. The quantitative estimate of drug-likeness (QED) is 0.922. The zero-order chi connectivity index (χ0) is 12.4. The van der Waals surface area contributed by atoms with Crippen LogP contribution in [-0.4, -0.2) is 20.8 Å². The van der Waals surface area contributed by atoms with Gasteiger partial charge in [0.25, 0.3) is 0 Å². The third kappa shape index (κ3) is 3.17. The van der Waals surface area contributed by atoms with Crippen molar-refractivity contribution in [2.75, 3.05) is 0 Å². The largest absolute Gasteiger partial charge is 0.310 e. The van der Waals surface area contributed by atoms with Crippen molar-refractivity contribution >= 4 is 15.9 Å². The molecule has 0 aliphatic heterocycles. The molecule has 0 atom stereocenters. The number of nitrogens with zero attached hydrogens (tertiary/aromatic N) is 3. The first-order valence-corrected chi connectivity index (χ1v) is 6.94. The highest BCUT2D eigenvalue weighted by Crippen LogP contribution is 2.19. The van der Waals surface area contributed by atoms with Gasteiger partial charge in [0.15, 0.2) is 0 Å². The summed E-state index contributed by atoms with van der Waals surface area (Å²) in [7, 11) is 0. The maximum atomic E-state index is 4.47. The number of pyridine rings is 1. The number of rotatable bonds is 5. The average molecular weight is 307 g/mol. The summed E-state index contributed by atoms with van der Waals surface area (Å²) in [5.74, 6) is 0. The van der Waals surface area contributed by atoms with Crippen LogP contribution in [0.15, 0.2) is 35.2 Å². The van der Waals surface area contributed by atoms with Crippen LogP contribution in [0.3, 0.4) is 0 Å². The smallest absolute Gasteiger partial charge is 0.0831 e. The highest BCUT2D eigenvalue weighted by Gasteiger charge is 2.19. The van der Waals surface area contributed by atoms with Gasteiger partial charge in [0.05, 0.1) is 22.9 Å². The number of nitrogens with one attached hydrogen (secondary N) is 1. The first-order valence-electron chi connectivity index (χ1n) is 6.15. The Bertz CT molecular complexity index is 516. The number of aromatic nitrogens is 3. The second kappa shape index (κ2) is 5.20. The van der Waals surface area contributed by atoms with Crippen molar-refractivity contribution in [3.8, 4) is 0 Å². The Kier molecular flexibility index (Phi) is 3.43. The van der Waals surface area contributed by atoms with Gasteiger partial charge in [-0.05, 0) is 40.4 Å². The molecular formula is C13H15BrN4. The van der Waals surface area contributed by atoms with Crippen molar-refractivity contribution in [2.45, 2.75) is 32.0 Å². The van der Waals surface area contributed by atoms with E-state index in [1.165, 1.54) is 18.4 Å². The fourth-order valence-corrected chi connectivity index (χ4v) is 2.12. The van der Waals surface area contributed by atoms with E-state index in [4.69, 9.17) is 0 Å². The van der Waals surface area contributed by atoms with E-state index in [0.29, 0.717) is 6.54 Å². The Balaban J connectivity index is 1.59. The molecule has 3 rings (SSSR count). The summed E-state index contributed by atoms with van der Waals surface area (Å²) in [5.41, 5.74) is 2.27. The first-order chi connectivity index (χ1) is 8.79. The Morgan fingerprint density at radius 2 is 2.22 bits per heavy atom. The minimum atomic E-state index is 0.710. The molecule has 1 fully saturated rings. The molecule has 1 N–H and O–H groups in total. The second-order valence-corrected chi connectivity index (χ2v) is 5.58. The highest BCUT2D eigenvalue weighted by atomic mass is 79.9. The van der Waals surface area contributed by atoms with Gasteiger partial charge in [-0.15, -0.1) is 0 Å². The summed E-state index contributed by atoms with van der Waals surface area (Å²) < 4.78 is 2.86. The van der Waals surface area contributed by atoms with E-state index >= 15 is 0 Å². The van der Waals surface area contributed by atoms with Crippen LogP contribution in [0.5, 0.6) is 0 Å². The second-order valence-electron chi connectivity index (χ2n) is 4.67. The summed E-state index contributed by atoms with van der Waals surface area (Å²) in [6.07, 6.45) is 8.32. The molecule has 0 spiro atoms. The van der Waals surface area contributed by atoms with Crippen molar-refractivity contribution in [1.29, 1.82) is 0 Å². The summed E-state index contributed by atoms with van der Waals surface area (Å²) >= 11 is 3.39. The molecule has 0 bridgehead atoms. The minimum absolute atomic E-state index is 0.710. The molecule has 0 amide bonds. The maximum Gasteiger partial charge on any atom is 0.0831 e. The van der Waals surface area contributed by atoms with Crippen LogP contribution in [0.2, 0.25) is 0 Å². The zero-order valence-electron chi connectivity index (χ0n) is 10.0. The van der Waals surface area contributed by atoms with Crippen LogP contribution < -0.4 is 5.32 Å². The summed E-state index contributed by atoms with van der Waals surface area (Å²) in [6.45, 7) is 1.63. The molecule has 2 aromatic rings. The Morgan fingerprint density at radius 1 is 1.33 bits per heavy atom. The molecule has 2 aromatic heterocycles. The van der Waals surface area contributed by atoms with Gasteiger partial charge in [0.1, 0.15) is 0 Å². The molecule has 1 aliphatic rings. The van der Waals surface area contributed by atoms with Gasteiger partial charge in [-0.25, -0.2) is 0 Å². The van der Waals surface area contributed by atoms with Crippen LogP contribution in [0.25, 0.3) is 0 Å². The third-order valence-electron chi connectivity index (χ3n) is 2.98. The van der Waals surface area contributed by atoms with Crippen molar-refractivity contribution in [1.82, 2.24) is 20.1 Å². The van der Waals surface area contributed by atoms with E-state index in [1.807, 2.05) is 17.1 Å². The molecule has 94 valence electrons. The summed E-state index contributed by atoms with van der Waals surface area (Å²) in [6, 6.07) is 4.95. The summed E-state index contributed by atoms with van der Waals surface area (Å²) in [4.78, 5) is 4.47. The molecule has 0 saturated heterocycles. The molecule has 18 heavy (non-hydrogen) atoms. The lowest BCUT2D eigenvalue weighted by atomic mass is 10.2. The predicted octanol–water partition coefficient (Wildman–Crippen LogP) is 2.34. The Hall–Kier alpha value is -1.20. The maximum absolute atomic E-state index is 4.47. The number of halogens is 1. The minimum Gasteiger partial charge on any atom is -0.310 e. The van der Waals surface area contributed by atoms with Gasteiger partial charge in [0, 0.05) is 25.0 Å². The van der Waals surface area contributed by atoms with Gasteiger partial charge >= 0.3 is 0 Å². The van der Waals surface area contributed by atoms with Crippen LogP contribution in [0, 0.1) is 0 Å². The molecule has 0 unspecified atom stereocenters. The summed E-state index contributed by atoms with van der Waals surface area (Å²) in [5, 5.41) is 7.70. The lowest BCUT2D eigenvalue weighted by Gasteiger charge is -2.04. The average Bonchev–Trinajstić information content (AvgIpc) is 3.12. The van der Waals surface area contributed by atoms with Gasteiger partial charge in [-0.2, -0.15) is 5.10 Å². The van der Waals surface area contributed by atoms with Crippen molar-refractivity contribution in [3.05, 3.63) is 46.5 Å². The molecular weight excluding hydrogens is 292 g/mol. The van der Waals surface area contributed by atoms with Crippen molar-refractivity contribution in [3.63, 3.8) is 0 Å².